The Morgan fingerprint density at radius 3 is 2.05 bits per heavy atom. The highest BCUT2D eigenvalue weighted by atomic mass is 79.9. The second kappa shape index (κ2) is 14.0. The van der Waals surface area contributed by atoms with Gasteiger partial charge in [0.25, 0.3) is 10.0 Å². The second-order valence-corrected chi connectivity index (χ2v) is 13.0. The Bertz CT molecular complexity index is 1460. The van der Waals surface area contributed by atoms with Crippen molar-refractivity contribution in [1.29, 1.82) is 0 Å². The van der Waals surface area contributed by atoms with Gasteiger partial charge in [0, 0.05) is 12.6 Å². The molecule has 3 aromatic carbocycles. The minimum Gasteiger partial charge on any atom is -0.496 e. The molecule has 2 amide bonds. The van der Waals surface area contributed by atoms with E-state index in [0.29, 0.717) is 22.3 Å². The number of nitrogens with one attached hydrogen (secondary N) is 1. The molecule has 1 N–H and O–H groups in total. The number of hydrogen-bond donors (Lipinski definition) is 1. The van der Waals surface area contributed by atoms with E-state index in [1.54, 1.807) is 30.3 Å². The number of benzene rings is 3. The molecular formula is C31H38BrN3O5S. The average molecular weight is 645 g/mol. The van der Waals surface area contributed by atoms with E-state index in [-0.39, 0.29) is 23.4 Å². The van der Waals surface area contributed by atoms with Crippen LogP contribution in [0.1, 0.15) is 43.9 Å². The van der Waals surface area contributed by atoms with E-state index in [1.165, 1.54) is 24.1 Å². The van der Waals surface area contributed by atoms with E-state index in [2.05, 4.69) is 21.2 Å². The molecule has 0 bridgehead atoms. The van der Waals surface area contributed by atoms with Gasteiger partial charge in [-0.2, -0.15) is 0 Å². The fraction of sp³-hybridized carbons (Fsp3) is 0.355. The van der Waals surface area contributed by atoms with Crippen molar-refractivity contribution in [1.82, 2.24) is 10.2 Å². The number of hydrogen-bond acceptors (Lipinski definition) is 5. The first-order valence-electron chi connectivity index (χ1n) is 13.5. The maximum Gasteiger partial charge on any atom is 0.264 e. The minimum absolute atomic E-state index is 0.00627. The predicted molar refractivity (Wildman–Crippen MR) is 165 cm³/mol. The third-order valence-corrected chi connectivity index (χ3v) is 8.99. The third kappa shape index (κ3) is 8.10. The summed E-state index contributed by atoms with van der Waals surface area (Å²) in [5, 5.41) is 2.91. The molecule has 8 nitrogen and oxygen atoms in total. The quantitative estimate of drug-likeness (QED) is 0.277. The number of amides is 2. The van der Waals surface area contributed by atoms with Crippen molar-refractivity contribution in [2.75, 3.05) is 18.0 Å². The summed E-state index contributed by atoms with van der Waals surface area (Å²) in [4.78, 5) is 28.8. The number of nitrogens with zero attached hydrogens (tertiary/aromatic N) is 2. The van der Waals surface area contributed by atoms with E-state index < -0.39 is 28.5 Å². The van der Waals surface area contributed by atoms with Gasteiger partial charge in [-0.15, -0.1) is 0 Å². The number of halogens is 1. The lowest BCUT2D eigenvalue weighted by molar-refractivity contribution is -0.140. The van der Waals surface area contributed by atoms with Crippen molar-refractivity contribution >= 4 is 43.5 Å². The molecule has 0 aliphatic carbocycles. The number of rotatable bonds is 12. The zero-order valence-electron chi connectivity index (χ0n) is 24.3. The summed E-state index contributed by atoms with van der Waals surface area (Å²) in [5.74, 6) is -0.298. The number of ether oxygens (including phenoxy) is 1. The Hall–Kier alpha value is -3.37. The van der Waals surface area contributed by atoms with Crippen LogP contribution in [-0.2, 0) is 26.2 Å². The third-order valence-electron chi connectivity index (χ3n) is 6.60. The molecule has 10 heteroatoms. The molecular weight excluding hydrogens is 606 g/mol. The zero-order valence-corrected chi connectivity index (χ0v) is 26.8. The van der Waals surface area contributed by atoms with Crippen LogP contribution in [0.15, 0.2) is 76.1 Å². The molecule has 0 heterocycles. The summed E-state index contributed by atoms with van der Waals surface area (Å²) >= 11 is 3.37. The van der Waals surface area contributed by atoms with Crippen molar-refractivity contribution in [2.24, 2.45) is 0 Å². The van der Waals surface area contributed by atoms with E-state index in [4.69, 9.17) is 4.74 Å². The van der Waals surface area contributed by atoms with Gasteiger partial charge in [0.05, 0.1) is 22.2 Å². The molecule has 0 aromatic heterocycles. The monoisotopic (exact) mass is 643 g/mol. The highest BCUT2D eigenvalue weighted by molar-refractivity contribution is 9.10. The molecule has 0 aliphatic rings. The van der Waals surface area contributed by atoms with Gasteiger partial charge in [0.2, 0.25) is 11.8 Å². The Labute approximate surface area is 251 Å². The van der Waals surface area contributed by atoms with Gasteiger partial charge in [-0.25, -0.2) is 8.42 Å². The topological polar surface area (TPSA) is 96.0 Å². The first-order valence-corrected chi connectivity index (χ1v) is 15.7. The SMILES string of the molecule is CC[C@H](C(=O)NC(C)C)N(Cc1ccc(C)cc1)C(=O)CN(c1ccc(C)cc1)S(=O)(=O)c1ccc(OC)c(Br)c1. The van der Waals surface area contributed by atoms with E-state index in [0.717, 1.165) is 21.0 Å². The number of methoxy groups -OCH3 is 1. The highest BCUT2D eigenvalue weighted by Gasteiger charge is 2.34. The lowest BCUT2D eigenvalue weighted by atomic mass is 10.1. The van der Waals surface area contributed by atoms with Crippen LogP contribution in [0.5, 0.6) is 5.75 Å². The Morgan fingerprint density at radius 2 is 1.54 bits per heavy atom. The molecule has 3 rings (SSSR count). The van der Waals surface area contributed by atoms with Crippen LogP contribution in [0.4, 0.5) is 5.69 Å². The lowest BCUT2D eigenvalue weighted by Gasteiger charge is -2.33. The zero-order chi connectivity index (χ0) is 30.3. The standard InChI is InChI=1S/C31H38BrN3O5S/c1-7-28(31(37)33-21(2)3)34(19-24-12-8-22(4)9-13-24)30(36)20-35(25-14-10-23(5)11-15-25)41(38,39)26-16-17-29(40-6)27(32)18-26/h8-18,21,28H,7,19-20H2,1-6H3,(H,33,37)/t28-/m1/s1. The molecule has 0 radical (unpaired) electrons. The van der Waals surface area contributed by atoms with Crippen molar-refractivity contribution in [3.8, 4) is 5.75 Å². The number of sulfonamides is 1. The number of carbonyl (C=O) groups excluding carboxylic acids is 2. The molecule has 1 atom stereocenters. The second-order valence-electron chi connectivity index (χ2n) is 10.2. The van der Waals surface area contributed by atoms with Crippen molar-refractivity contribution in [2.45, 2.75) is 64.6 Å². The van der Waals surface area contributed by atoms with Crippen molar-refractivity contribution in [3.05, 3.63) is 87.9 Å². The summed E-state index contributed by atoms with van der Waals surface area (Å²) in [6, 6.07) is 18.2. The van der Waals surface area contributed by atoms with Gasteiger partial charge < -0.3 is 15.0 Å². The van der Waals surface area contributed by atoms with Crippen LogP contribution in [-0.4, -0.2) is 50.9 Å². The molecule has 41 heavy (non-hydrogen) atoms. The van der Waals surface area contributed by atoms with Gasteiger partial charge in [-0.1, -0.05) is 54.4 Å². The van der Waals surface area contributed by atoms with E-state index >= 15 is 0 Å². The van der Waals surface area contributed by atoms with Crippen LogP contribution < -0.4 is 14.4 Å². The van der Waals surface area contributed by atoms with Crippen molar-refractivity contribution < 1.29 is 22.7 Å². The average Bonchev–Trinajstić information content (AvgIpc) is 2.92. The van der Waals surface area contributed by atoms with Gasteiger partial charge in [-0.3, -0.25) is 13.9 Å². The first-order chi connectivity index (χ1) is 19.4. The van der Waals surface area contributed by atoms with Crippen LogP contribution >= 0.6 is 15.9 Å². The van der Waals surface area contributed by atoms with Crippen LogP contribution in [0, 0.1) is 13.8 Å². The predicted octanol–water partition coefficient (Wildman–Crippen LogP) is 5.60. The molecule has 0 unspecified atom stereocenters. The Kier molecular flexibility index (Phi) is 11.0. The molecule has 0 saturated carbocycles. The summed E-state index contributed by atoms with van der Waals surface area (Å²) in [7, 11) is -2.70. The van der Waals surface area contributed by atoms with Gasteiger partial charge in [0.1, 0.15) is 18.3 Å². The van der Waals surface area contributed by atoms with Crippen LogP contribution in [0.2, 0.25) is 0 Å². The Morgan fingerprint density at radius 1 is 0.951 bits per heavy atom. The largest absolute Gasteiger partial charge is 0.496 e. The summed E-state index contributed by atoms with van der Waals surface area (Å²) in [5.41, 5.74) is 3.19. The fourth-order valence-corrected chi connectivity index (χ4v) is 6.50. The first kappa shape index (κ1) is 32.1. The highest BCUT2D eigenvalue weighted by Crippen LogP contribution is 2.31. The number of anilines is 1. The maximum atomic E-state index is 14.1. The van der Waals surface area contributed by atoms with Crippen molar-refractivity contribution in [3.63, 3.8) is 0 Å². The van der Waals surface area contributed by atoms with Crippen LogP contribution in [0.3, 0.4) is 0 Å². The normalized spacial score (nSPS) is 12.1. The molecule has 0 fully saturated rings. The molecule has 3 aromatic rings. The molecule has 0 saturated heterocycles. The van der Waals surface area contributed by atoms with E-state index in [9.17, 15) is 18.0 Å². The van der Waals surface area contributed by atoms with Gasteiger partial charge >= 0.3 is 0 Å². The lowest BCUT2D eigenvalue weighted by Crippen LogP contribution is -2.53. The maximum absolute atomic E-state index is 14.1. The smallest absolute Gasteiger partial charge is 0.264 e. The number of carbonyl (C=O) groups is 2. The molecule has 220 valence electrons. The fourth-order valence-electron chi connectivity index (χ4n) is 4.36. The van der Waals surface area contributed by atoms with Crippen LogP contribution in [0.25, 0.3) is 0 Å². The Balaban J connectivity index is 2.08. The minimum atomic E-state index is -4.19. The molecule has 0 spiro atoms. The van der Waals surface area contributed by atoms with E-state index in [1.807, 2.05) is 58.9 Å². The number of aryl methyl sites for hydroxylation is 2. The summed E-state index contributed by atoms with van der Waals surface area (Å²) < 4.78 is 34.9. The summed E-state index contributed by atoms with van der Waals surface area (Å²) in [6.45, 7) is 9.08. The summed E-state index contributed by atoms with van der Waals surface area (Å²) in [6.07, 6.45) is 0.360. The molecule has 0 aliphatic heterocycles. The van der Waals surface area contributed by atoms with Gasteiger partial charge in [-0.05, 0) is 85.9 Å². The van der Waals surface area contributed by atoms with Gasteiger partial charge in [0.15, 0.2) is 0 Å².